The summed E-state index contributed by atoms with van der Waals surface area (Å²) in [6.45, 7) is 3.24. The maximum atomic E-state index is 9.89. The third kappa shape index (κ3) is 3.43. The predicted molar refractivity (Wildman–Crippen MR) is 75.2 cm³/mol. The fraction of sp³-hybridized carbons (Fsp3) is 0.643. The van der Waals surface area contributed by atoms with Gasteiger partial charge < -0.3 is 20.0 Å². The van der Waals surface area contributed by atoms with Crippen molar-refractivity contribution < 1.29 is 10.2 Å². The standard InChI is InChI=1S/C14H23N3O2/c1-10(18)11-4-5-15-14(6-11)17-9-13(19)7-12(17)8-16(2)3/h4-6,10,12-13,18-19H,7-9H2,1-3H3/t10-,12?,13?/m0/s1. The van der Waals surface area contributed by atoms with Gasteiger partial charge in [0, 0.05) is 25.3 Å². The van der Waals surface area contributed by atoms with Gasteiger partial charge in [0.1, 0.15) is 5.82 Å². The van der Waals surface area contributed by atoms with E-state index in [1.807, 2.05) is 26.2 Å². The number of aliphatic hydroxyl groups excluding tert-OH is 2. The summed E-state index contributed by atoms with van der Waals surface area (Å²) in [5.41, 5.74) is 0.856. The van der Waals surface area contributed by atoms with Crippen LogP contribution in [0.25, 0.3) is 0 Å². The summed E-state index contributed by atoms with van der Waals surface area (Å²) in [6.07, 6.45) is 1.68. The summed E-state index contributed by atoms with van der Waals surface area (Å²) >= 11 is 0. The van der Waals surface area contributed by atoms with Gasteiger partial charge in [0.05, 0.1) is 12.2 Å². The maximum Gasteiger partial charge on any atom is 0.129 e. The quantitative estimate of drug-likeness (QED) is 0.836. The van der Waals surface area contributed by atoms with E-state index in [9.17, 15) is 10.2 Å². The fourth-order valence-electron chi connectivity index (χ4n) is 2.62. The molecule has 1 fully saturated rings. The van der Waals surface area contributed by atoms with Crippen molar-refractivity contribution in [2.75, 3.05) is 32.1 Å². The Morgan fingerprint density at radius 2 is 2.26 bits per heavy atom. The third-order valence-corrected chi connectivity index (χ3v) is 3.51. The highest BCUT2D eigenvalue weighted by Crippen LogP contribution is 2.26. The van der Waals surface area contributed by atoms with Crippen molar-refractivity contribution in [2.45, 2.75) is 31.6 Å². The molecule has 1 aliphatic heterocycles. The first-order valence-corrected chi connectivity index (χ1v) is 6.71. The molecule has 19 heavy (non-hydrogen) atoms. The molecule has 5 nitrogen and oxygen atoms in total. The molecule has 106 valence electrons. The summed E-state index contributed by atoms with van der Waals surface area (Å²) in [6, 6.07) is 3.99. The number of anilines is 1. The summed E-state index contributed by atoms with van der Waals surface area (Å²) in [5, 5.41) is 19.5. The summed E-state index contributed by atoms with van der Waals surface area (Å²) in [4.78, 5) is 8.64. The number of hydrogen-bond acceptors (Lipinski definition) is 5. The van der Waals surface area contributed by atoms with Crippen LogP contribution in [0.1, 0.15) is 25.0 Å². The van der Waals surface area contributed by atoms with Gasteiger partial charge >= 0.3 is 0 Å². The van der Waals surface area contributed by atoms with Gasteiger partial charge in [-0.3, -0.25) is 0 Å². The molecular weight excluding hydrogens is 242 g/mol. The topological polar surface area (TPSA) is 59.8 Å². The van der Waals surface area contributed by atoms with Gasteiger partial charge in [-0.25, -0.2) is 4.98 Å². The van der Waals surface area contributed by atoms with Crippen molar-refractivity contribution in [2.24, 2.45) is 0 Å². The van der Waals surface area contributed by atoms with E-state index >= 15 is 0 Å². The van der Waals surface area contributed by atoms with E-state index in [0.29, 0.717) is 6.54 Å². The highest BCUT2D eigenvalue weighted by molar-refractivity contribution is 5.44. The molecule has 5 heteroatoms. The Labute approximate surface area is 114 Å². The van der Waals surface area contributed by atoms with Crippen molar-refractivity contribution in [3.8, 4) is 0 Å². The van der Waals surface area contributed by atoms with E-state index in [1.54, 1.807) is 13.1 Å². The van der Waals surface area contributed by atoms with E-state index in [4.69, 9.17) is 0 Å². The van der Waals surface area contributed by atoms with Crippen molar-refractivity contribution in [3.05, 3.63) is 23.9 Å². The number of hydrogen-bond donors (Lipinski definition) is 2. The zero-order valence-electron chi connectivity index (χ0n) is 11.8. The van der Waals surface area contributed by atoms with Gasteiger partial charge in [-0.15, -0.1) is 0 Å². The fourth-order valence-corrected chi connectivity index (χ4v) is 2.62. The number of aliphatic hydroxyl groups is 2. The molecule has 1 aliphatic rings. The second kappa shape index (κ2) is 5.86. The van der Waals surface area contributed by atoms with Crippen LogP contribution in [0.4, 0.5) is 5.82 Å². The molecule has 0 aromatic carbocycles. The minimum atomic E-state index is -0.499. The molecule has 1 aromatic rings. The van der Waals surface area contributed by atoms with Gasteiger partial charge in [-0.2, -0.15) is 0 Å². The van der Waals surface area contributed by atoms with Crippen molar-refractivity contribution >= 4 is 5.82 Å². The smallest absolute Gasteiger partial charge is 0.129 e. The number of likely N-dealkylation sites (N-methyl/N-ethyl adjacent to an activating group) is 1. The Kier molecular flexibility index (Phi) is 4.39. The van der Waals surface area contributed by atoms with Crippen LogP contribution in [0.15, 0.2) is 18.3 Å². The normalized spacial score (nSPS) is 25.1. The monoisotopic (exact) mass is 265 g/mol. The first kappa shape index (κ1) is 14.2. The van der Waals surface area contributed by atoms with E-state index in [-0.39, 0.29) is 12.1 Å². The molecule has 3 atom stereocenters. The number of β-amino-alcohol motifs (C(OH)–C–C–N with tert-alkyl or cyclic N) is 1. The average Bonchev–Trinajstić information content (AvgIpc) is 2.69. The number of nitrogens with zero attached hydrogens (tertiary/aromatic N) is 3. The minimum absolute atomic E-state index is 0.266. The Bertz CT molecular complexity index is 423. The lowest BCUT2D eigenvalue weighted by Crippen LogP contribution is -2.38. The van der Waals surface area contributed by atoms with Crippen LogP contribution >= 0.6 is 0 Å². The SMILES string of the molecule is C[C@H](O)c1ccnc(N2CC(O)CC2CN(C)C)c1. The van der Waals surface area contributed by atoms with E-state index in [2.05, 4.69) is 14.8 Å². The van der Waals surface area contributed by atoms with Crippen LogP contribution in [0.2, 0.25) is 0 Å². The van der Waals surface area contributed by atoms with Crippen LogP contribution in [-0.2, 0) is 0 Å². The van der Waals surface area contributed by atoms with Crippen molar-refractivity contribution in [1.29, 1.82) is 0 Å². The summed E-state index contributed by atoms with van der Waals surface area (Å²) in [7, 11) is 4.06. The Hall–Kier alpha value is -1.17. The van der Waals surface area contributed by atoms with E-state index < -0.39 is 6.10 Å². The molecular formula is C14H23N3O2. The van der Waals surface area contributed by atoms with Gasteiger partial charge in [0.15, 0.2) is 0 Å². The molecule has 1 saturated heterocycles. The molecule has 0 saturated carbocycles. The predicted octanol–water partition coefficient (Wildman–Crippen LogP) is 0.636. The molecule has 1 aromatic heterocycles. The molecule has 0 radical (unpaired) electrons. The van der Waals surface area contributed by atoms with Gasteiger partial charge in [-0.05, 0) is 45.1 Å². The molecule has 2 N–H and O–H groups in total. The Morgan fingerprint density at radius 1 is 1.53 bits per heavy atom. The lowest BCUT2D eigenvalue weighted by atomic mass is 10.1. The molecule has 2 heterocycles. The van der Waals surface area contributed by atoms with Crippen LogP contribution in [0.3, 0.4) is 0 Å². The molecule has 0 aliphatic carbocycles. The zero-order chi connectivity index (χ0) is 14.0. The summed E-state index contributed by atoms with van der Waals surface area (Å²) < 4.78 is 0. The lowest BCUT2D eigenvalue weighted by molar-refractivity contribution is 0.191. The molecule has 2 rings (SSSR count). The highest BCUT2D eigenvalue weighted by atomic mass is 16.3. The largest absolute Gasteiger partial charge is 0.391 e. The van der Waals surface area contributed by atoms with Crippen LogP contribution < -0.4 is 4.90 Å². The summed E-state index contributed by atoms with van der Waals surface area (Å²) in [5.74, 6) is 0.835. The van der Waals surface area contributed by atoms with E-state index in [1.165, 1.54) is 0 Å². The minimum Gasteiger partial charge on any atom is -0.391 e. The number of aromatic nitrogens is 1. The van der Waals surface area contributed by atoms with Crippen molar-refractivity contribution in [1.82, 2.24) is 9.88 Å². The first-order chi connectivity index (χ1) is 8.97. The molecule has 2 unspecified atom stereocenters. The van der Waals surface area contributed by atoms with Crippen molar-refractivity contribution in [3.63, 3.8) is 0 Å². The molecule has 0 amide bonds. The molecule has 0 spiro atoms. The first-order valence-electron chi connectivity index (χ1n) is 6.71. The second-order valence-electron chi connectivity index (χ2n) is 5.58. The lowest BCUT2D eigenvalue weighted by Gasteiger charge is -2.28. The van der Waals surface area contributed by atoms with Crippen LogP contribution in [0, 0.1) is 0 Å². The maximum absolute atomic E-state index is 9.89. The third-order valence-electron chi connectivity index (χ3n) is 3.51. The number of pyridine rings is 1. The van der Waals surface area contributed by atoms with Gasteiger partial charge in [0.2, 0.25) is 0 Å². The second-order valence-corrected chi connectivity index (χ2v) is 5.58. The van der Waals surface area contributed by atoms with Gasteiger partial charge in [0.25, 0.3) is 0 Å². The highest BCUT2D eigenvalue weighted by Gasteiger charge is 2.32. The van der Waals surface area contributed by atoms with Crippen LogP contribution in [-0.4, -0.2) is 59.4 Å². The Balaban J connectivity index is 2.21. The van der Waals surface area contributed by atoms with Crippen LogP contribution in [0.5, 0.6) is 0 Å². The molecule has 0 bridgehead atoms. The average molecular weight is 265 g/mol. The zero-order valence-corrected chi connectivity index (χ0v) is 11.8. The Morgan fingerprint density at radius 3 is 2.89 bits per heavy atom. The van der Waals surface area contributed by atoms with E-state index in [0.717, 1.165) is 24.3 Å². The van der Waals surface area contributed by atoms with Gasteiger partial charge in [-0.1, -0.05) is 0 Å². The number of rotatable bonds is 4.